The molecule has 0 aromatic carbocycles. The predicted molar refractivity (Wildman–Crippen MR) is 274 cm³/mol. The lowest BCUT2D eigenvalue weighted by molar-refractivity contribution is -0.167. The fourth-order valence-electron chi connectivity index (χ4n) is 7.13. The van der Waals surface area contributed by atoms with Crippen LogP contribution in [0.25, 0.3) is 0 Å². The van der Waals surface area contributed by atoms with E-state index in [1.54, 1.807) is 0 Å². The van der Waals surface area contributed by atoms with E-state index in [1.807, 2.05) is 0 Å². The number of allylic oxidation sites excluding steroid dienone is 14. The van der Waals surface area contributed by atoms with Gasteiger partial charge < -0.3 is 14.2 Å². The number of hydrogen-bond acceptors (Lipinski definition) is 6. The molecule has 6 heteroatoms. The van der Waals surface area contributed by atoms with Crippen LogP contribution in [0.4, 0.5) is 0 Å². The molecule has 0 rings (SSSR count). The number of rotatable bonds is 47. The van der Waals surface area contributed by atoms with Gasteiger partial charge in [0.05, 0.1) is 0 Å². The molecule has 0 aliphatic carbocycles. The van der Waals surface area contributed by atoms with Crippen molar-refractivity contribution < 1.29 is 28.6 Å². The number of unbranched alkanes of at least 4 members (excludes halogenated alkanes) is 22. The van der Waals surface area contributed by atoms with E-state index in [1.165, 1.54) is 83.5 Å². The summed E-state index contributed by atoms with van der Waals surface area (Å²) in [6, 6.07) is 0. The van der Waals surface area contributed by atoms with Crippen molar-refractivity contribution in [3.8, 4) is 0 Å². The molecule has 0 N–H and O–H groups in total. The van der Waals surface area contributed by atoms with E-state index in [-0.39, 0.29) is 31.1 Å². The monoisotopic (exact) mass is 891 g/mol. The highest BCUT2D eigenvalue weighted by molar-refractivity contribution is 5.71. The molecule has 0 amide bonds. The topological polar surface area (TPSA) is 78.9 Å². The number of carbonyl (C=O) groups is 3. The molecule has 0 spiro atoms. The van der Waals surface area contributed by atoms with Crippen LogP contribution in [-0.4, -0.2) is 37.2 Å². The number of hydrogen-bond donors (Lipinski definition) is 0. The molecule has 0 aliphatic heterocycles. The molecule has 64 heavy (non-hydrogen) atoms. The minimum Gasteiger partial charge on any atom is -0.462 e. The maximum absolute atomic E-state index is 12.8. The van der Waals surface area contributed by atoms with Crippen molar-refractivity contribution in [1.29, 1.82) is 0 Å². The third-order valence-corrected chi connectivity index (χ3v) is 11.1. The molecule has 1 atom stereocenters. The first-order valence-corrected chi connectivity index (χ1v) is 26.6. The van der Waals surface area contributed by atoms with Gasteiger partial charge >= 0.3 is 17.9 Å². The minimum absolute atomic E-state index is 0.0917. The summed E-state index contributed by atoms with van der Waals surface area (Å²) in [6.07, 6.45) is 67.0. The van der Waals surface area contributed by atoms with Gasteiger partial charge in [0, 0.05) is 19.3 Å². The summed E-state index contributed by atoms with van der Waals surface area (Å²) in [5, 5.41) is 0. The zero-order chi connectivity index (χ0) is 46.5. The molecule has 0 unspecified atom stereocenters. The standard InChI is InChI=1S/C58H98O6/c1-4-7-10-13-16-19-22-25-27-28-29-30-31-34-36-39-42-45-48-51-57(60)63-54-55(53-62-56(59)50-47-44-41-38-35-32-24-21-18-15-12-9-6-3)64-58(61)52-49-46-43-40-37-33-26-23-20-17-14-11-8-5-2/h7,10,14,16-17,19,23,25-27,29-30,34,36,55H,4-6,8-9,11-13,15,18,20-22,24,28,31-33,35,37-54H2,1-3H3/b10-7+,17-14+,19-16+,26-23+,27-25+,30-29+,36-34+/t55-/m1/s1. The molecular formula is C58H98O6. The van der Waals surface area contributed by atoms with E-state index in [2.05, 4.69) is 106 Å². The predicted octanol–water partition coefficient (Wildman–Crippen LogP) is 17.6. The Balaban J connectivity index is 4.45. The number of carbonyl (C=O) groups excluding carboxylic acids is 3. The zero-order valence-electron chi connectivity index (χ0n) is 41.8. The average molecular weight is 891 g/mol. The highest BCUT2D eigenvalue weighted by Gasteiger charge is 2.19. The summed E-state index contributed by atoms with van der Waals surface area (Å²) in [5.74, 6) is -0.938. The highest BCUT2D eigenvalue weighted by Crippen LogP contribution is 2.14. The molecule has 0 radical (unpaired) electrons. The first-order chi connectivity index (χ1) is 31.5. The Bertz CT molecular complexity index is 1250. The Kier molecular flexibility index (Phi) is 49.4. The Morgan fingerprint density at radius 2 is 0.625 bits per heavy atom. The van der Waals surface area contributed by atoms with Crippen molar-refractivity contribution in [2.24, 2.45) is 0 Å². The first kappa shape index (κ1) is 60.6. The summed E-state index contributed by atoms with van der Waals surface area (Å²) >= 11 is 0. The molecule has 6 nitrogen and oxygen atoms in total. The maximum atomic E-state index is 12.8. The Morgan fingerprint density at radius 1 is 0.328 bits per heavy atom. The SMILES string of the molecule is CC/C=C/C/C=C/C/C=C/C/C=C/C/C=C/CCCCCC(=O)OC[C@@H](COC(=O)CCCCCCCCCCCCCCC)OC(=O)CCCCCCC/C=C/C/C=C/CCCC. The smallest absolute Gasteiger partial charge is 0.306 e. The lowest BCUT2D eigenvalue weighted by Crippen LogP contribution is -2.30. The molecule has 0 aliphatic rings. The maximum Gasteiger partial charge on any atom is 0.306 e. The van der Waals surface area contributed by atoms with Crippen LogP contribution >= 0.6 is 0 Å². The lowest BCUT2D eigenvalue weighted by Gasteiger charge is -2.18. The third kappa shape index (κ3) is 49.6. The fourth-order valence-corrected chi connectivity index (χ4v) is 7.13. The van der Waals surface area contributed by atoms with Crippen LogP contribution in [0.5, 0.6) is 0 Å². The molecule has 366 valence electrons. The first-order valence-electron chi connectivity index (χ1n) is 26.6. The summed E-state index contributed by atoms with van der Waals surface area (Å²) in [7, 11) is 0. The van der Waals surface area contributed by atoms with Crippen LogP contribution in [0.15, 0.2) is 85.1 Å². The number of ether oxygens (including phenoxy) is 3. The summed E-state index contributed by atoms with van der Waals surface area (Å²) in [5.41, 5.74) is 0. The molecule has 0 bridgehead atoms. The van der Waals surface area contributed by atoms with Gasteiger partial charge in [-0.3, -0.25) is 14.4 Å². The van der Waals surface area contributed by atoms with Crippen LogP contribution in [0.1, 0.15) is 245 Å². The second-order valence-electron chi connectivity index (χ2n) is 17.4. The van der Waals surface area contributed by atoms with Crippen molar-refractivity contribution in [1.82, 2.24) is 0 Å². The van der Waals surface area contributed by atoms with Crippen LogP contribution < -0.4 is 0 Å². The van der Waals surface area contributed by atoms with Crippen molar-refractivity contribution >= 4 is 17.9 Å². The van der Waals surface area contributed by atoms with E-state index in [0.29, 0.717) is 19.3 Å². The van der Waals surface area contributed by atoms with Gasteiger partial charge in [0.25, 0.3) is 0 Å². The second kappa shape index (κ2) is 52.2. The van der Waals surface area contributed by atoms with Gasteiger partial charge in [0.2, 0.25) is 0 Å². The summed E-state index contributed by atoms with van der Waals surface area (Å²) < 4.78 is 16.8. The molecule has 0 saturated heterocycles. The van der Waals surface area contributed by atoms with Gasteiger partial charge in [0.1, 0.15) is 13.2 Å². The van der Waals surface area contributed by atoms with Gasteiger partial charge in [-0.15, -0.1) is 0 Å². The average Bonchev–Trinajstić information content (AvgIpc) is 3.29. The molecular weight excluding hydrogens is 793 g/mol. The van der Waals surface area contributed by atoms with Crippen LogP contribution in [-0.2, 0) is 28.6 Å². The van der Waals surface area contributed by atoms with Gasteiger partial charge in [-0.2, -0.15) is 0 Å². The van der Waals surface area contributed by atoms with Crippen LogP contribution in [0, 0.1) is 0 Å². The van der Waals surface area contributed by atoms with Gasteiger partial charge in [-0.05, 0) is 89.9 Å². The van der Waals surface area contributed by atoms with Gasteiger partial charge in [-0.1, -0.05) is 221 Å². The normalized spacial score (nSPS) is 12.7. The van der Waals surface area contributed by atoms with Crippen LogP contribution in [0.2, 0.25) is 0 Å². The van der Waals surface area contributed by atoms with Gasteiger partial charge in [0.15, 0.2) is 6.10 Å². The van der Waals surface area contributed by atoms with E-state index >= 15 is 0 Å². The molecule has 0 aromatic rings. The second-order valence-corrected chi connectivity index (χ2v) is 17.4. The summed E-state index contributed by atoms with van der Waals surface area (Å²) in [4.78, 5) is 38.0. The van der Waals surface area contributed by atoms with E-state index in [0.717, 1.165) is 122 Å². The highest BCUT2D eigenvalue weighted by atomic mass is 16.6. The quantitative estimate of drug-likeness (QED) is 0.0262. The molecule has 0 aromatic heterocycles. The van der Waals surface area contributed by atoms with Crippen molar-refractivity contribution in [2.45, 2.75) is 252 Å². The van der Waals surface area contributed by atoms with E-state index < -0.39 is 6.10 Å². The zero-order valence-corrected chi connectivity index (χ0v) is 41.8. The molecule has 0 heterocycles. The largest absolute Gasteiger partial charge is 0.462 e. The van der Waals surface area contributed by atoms with E-state index in [4.69, 9.17) is 14.2 Å². The molecule has 0 saturated carbocycles. The Hall–Kier alpha value is -3.41. The third-order valence-electron chi connectivity index (χ3n) is 11.1. The van der Waals surface area contributed by atoms with Crippen molar-refractivity contribution in [3.63, 3.8) is 0 Å². The lowest BCUT2D eigenvalue weighted by atomic mass is 10.0. The van der Waals surface area contributed by atoms with Crippen molar-refractivity contribution in [3.05, 3.63) is 85.1 Å². The van der Waals surface area contributed by atoms with Gasteiger partial charge in [-0.25, -0.2) is 0 Å². The summed E-state index contributed by atoms with van der Waals surface area (Å²) in [6.45, 7) is 6.44. The van der Waals surface area contributed by atoms with Crippen LogP contribution in [0.3, 0.4) is 0 Å². The Morgan fingerprint density at radius 3 is 1.02 bits per heavy atom. The Labute approximate surface area is 395 Å². The number of esters is 3. The van der Waals surface area contributed by atoms with Crippen molar-refractivity contribution in [2.75, 3.05) is 13.2 Å². The van der Waals surface area contributed by atoms with E-state index in [9.17, 15) is 14.4 Å². The fraction of sp³-hybridized carbons (Fsp3) is 0.707. The minimum atomic E-state index is -0.796. The molecule has 0 fully saturated rings.